The number of carbonyl (C=O) groups excluding carboxylic acids is 3. The van der Waals surface area contributed by atoms with E-state index in [0.717, 1.165) is 48.2 Å². The fourth-order valence-electron chi connectivity index (χ4n) is 6.37. The number of thioether (sulfide) groups is 1. The lowest BCUT2D eigenvalue weighted by atomic mass is 9.87. The molecule has 1 aliphatic heterocycles. The smallest absolute Gasteiger partial charge is 0.386 e. The molecule has 0 aromatic carbocycles. The van der Waals surface area contributed by atoms with Crippen molar-refractivity contribution >= 4 is 69.1 Å². The van der Waals surface area contributed by atoms with E-state index < -0.39 is 84.6 Å². The number of aromatic nitrogens is 4. The zero-order valence-corrected chi connectivity index (χ0v) is 41.8. The largest absolute Gasteiger partial charge is 0.531 e. The molecule has 394 valence electrons. The number of allylic oxidation sites excluding steroid dienone is 1. The molecule has 69 heavy (non-hydrogen) atoms. The van der Waals surface area contributed by atoms with Gasteiger partial charge in [0, 0.05) is 30.7 Å². The summed E-state index contributed by atoms with van der Waals surface area (Å²) >= 11 is 1.07. The van der Waals surface area contributed by atoms with Crippen molar-refractivity contribution in [1.29, 1.82) is 0 Å². The third-order valence-corrected chi connectivity index (χ3v) is 12.6. The van der Waals surface area contributed by atoms with E-state index in [1.807, 2.05) is 6.08 Å². The van der Waals surface area contributed by atoms with E-state index in [0.29, 0.717) is 5.75 Å². The molecule has 2 aromatic heterocycles. The Bertz CT molecular complexity index is 2080. The Labute approximate surface area is 401 Å². The molecular formula is C37H64N7O21P3S. The molecule has 0 saturated carbocycles. The number of aliphatic hydroxyl groups is 2. The maximum absolute atomic E-state index is 12.6. The molecule has 0 spiro atoms. The summed E-state index contributed by atoms with van der Waals surface area (Å²) in [5.41, 5.74) is 4.36. The first-order valence-corrected chi connectivity index (χ1v) is 27.5. The van der Waals surface area contributed by atoms with Crippen LogP contribution in [0.4, 0.5) is 5.82 Å². The van der Waals surface area contributed by atoms with E-state index in [9.17, 15) is 57.9 Å². The molecule has 3 unspecified atom stereocenters. The second-order valence-corrected chi connectivity index (χ2v) is 21.1. The van der Waals surface area contributed by atoms with Crippen LogP contribution in [-0.2, 0) is 70.9 Å². The van der Waals surface area contributed by atoms with Gasteiger partial charge >= 0.3 is 23.5 Å². The van der Waals surface area contributed by atoms with Crippen molar-refractivity contribution in [3.8, 4) is 0 Å². The minimum atomic E-state index is -5.51. The van der Waals surface area contributed by atoms with Gasteiger partial charge < -0.3 is 46.0 Å². The fraction of sp³-hybridized carbons (Fsp3) is 0.730. The number of nitrogens with one attached hydrogen (secondary N) is 2. The number of hydrogen-bond acceptors (Lipinski definition) is 22. The Kier molecular flexibility index (Phi) is 26.5. The lowest BCUT2D eigenvalue weighted by molar-refractivity contribution is -0.494. The number of nitrogens with zero attached hydrogens (tertiary/aromatic N) is 4. The Balaban J connectivity index is 1.27. The van der Waals surface area contributed by atoms with E-state index in [-0.39, 0.29) is 41.6 Å². The fourth-order valence-corrected chi connectivity index (χ4v) is 8.49. The third kappa shape index (κ3) is 23.1. The second kappa shape index (κ2) is 30.2. The van der Waals surface area contributed by atoms with E-state index in [2.05, 4.69) is 66.0 Å². The number of phosphoric acid groups is 3. The quantitative estimate of drug-likeness (QED) is 0.0155. The molecule has 2 aromatic rings. The SMILES string of the molecule is CCCCCCCCCCCCC/C=C/C(=O)SCCNC(=O)CCNC(=O)C(O)C(C)(C)COP(=O)(O)OOOP(=O)(O)OOOC[C@H]1O[C@@H](n2cnc3c(N)ncnc32)[C@H](O)[C@@H]1OP(=O)(O)O. The van der Waals surface area contributed by atoms with Crippen molar-refractivity contribution in [3.63, 3.8) is 0 Å². The number of nitrogen functional groups attached to an aromatic ring is 1. The number of ether oxygens (including phenoxy) is 1. The highest BCUT2D eigenvalue weighted by Gasteiger charge is 2.49. The average Bonchev–Trinajstić information content (AvgIpc) is 3.84. The average molecular weight is 1070 g/mol. The highest BCUT2D eigenvalue weighted by atomic mass is 32.2. The van der Waals surface area contributed by atoms with Crippen LogP contribution in [0.3, 0.4) is 0 Å². The third-order valence-electron chi connectivity index (χ3n) is 10.0. The summed E-state index contributed by atoms with van der Waals surface area (Å²) < 4.78 is 64.0. The van der Waals surface area contributed by atoms with E-state index >= 15 is 0 Å². The lowest BCUT2D eigenvalue weighted by Crippen LogP contribution is -2.46. The van der Waals surface area contributed by atoms with Gasteiger partial charge in [0.2, 0.25) is 16.9 Å². The van der Waals surface area contributed by atoms with Gasteiger partial charge in [0.15, 0.2) is 17.7 Å². The maximum atomic E-state index is 12.6. The lowest BCUT2D eigenvalue weighted by Gasteiger charge is -2.29. The number of rotatable bonds is 36. The highest BCUT2D eigenvalue weighted by Crippen LogP contribution is 2.50. The van der Waals surface area contributed by atoms with Crippen LogP contribution in [-0.4, -0.2) is 123 Å². The molecule has 1 fully saturated rings. The number of carbonyl (C=O) groups is 3. The van der Waals surface area contributed by atoms with Crippen molar-refractivity contribution in [2.24, 2.45) is 5.41 Å². The molecular weight excluding hydrogens is 1000 g/mol. The minimum Gasteiger partial charge on any atom is -0.386 e. The monoisotopic (exact) mass is 1070 g/mol. The van der Waals surface area contributed by atoms with Crippen molar-refractivity contribution in [2.75, 3.05) is 37.8 Å². The van der Waals surface area contributed by atoms with E-state index in [1.165, 1.54) is 71.6 Å². The molecule has 32 heteroatoms. The van der Waals surface area contributed by atoms with Gasteiger partial charge in [-0.1, -0.05) is 122 Å². The van der Waals surface area contributed by atoms with E-state index in [1.54, 1.807) is 6.08 Å². The van der Waals surface area contributed by atoms with E-state index in [4.69, 9.17) is 15.0 Å². The molecule has 2 amide bonds. The Morgan fingerprint density at radius 2 is 1.55 bits per heavy atom. The highest BCUT2D eigenvalue weighted by molar-refractivity contribution is 8.14. The number of fused-ring (bicyclic) bond motifs is 1. The van der Waals surface area contributed by atoms with Crippen LogP contribution in [0.15, 0.2) is 24.8 Å². The zero-order chi connectivity index (χ0) is 51.1. The van der Waals surface area contributed by atoms with Gasteiger partial charge in [0.1, 0.15) is 42.9 Å². The van der Waals surface area contributed by atoms with Crippen LogP contribution >= 0.6 is 35.2 Å². The summed E-state index contributed by atoms with van der Waals surface area (Å²) in [4.78, 5) is 91.7. The second-order valence-electron chi connectivity index (χ2n) is 16.2. The van der Waals surface area contributed by atoms with Gasteiger partial charge in [-0.2, -0.15) is 0 Å². The molecule has 0 aliphatic carbocycles. The number of unbranched alkanes of at least 4 members (excludes halogenated alkanes) is 11. The van der Waals surface area contributed by atoms with Crippen molar-refractivity contribution < 1.29 is 101 Å². The van der Waals surface area contributed by atoms with Crippen LogP contribution < -0.4 is 16.4 Å². The number of nitrogens with two attached hydrogens (primary N) is 1. The number of anilines is 1. The summed E-state index contributed by atoms with van der Waals surface area (Å²) in [5.74, 6) is -1.07. The molecule has 28 nitrogen and oxygen atoms in total. The molecule has 10 N–H and O–H groups in total. The Morgan fingerprint density at radius 1 is 0.913 bits per heavy atom. The normalized spacial score (nSPS) is 20.0. The van der Waals surface area contributed by atoms with Crippen LogP contribution in [0.25, 0.3) is 11.2 Å². The molecule has 3 heterocycles. The van der Waals surface area contributed by atoms with Gasteiger partial charge in [-0.05, 0) is 24.0 Å². The number of amides is 2. The van der Waals surface area contributed by atoms with Crippen molar-refractivity contribution in [3.05, 3.63) is 24.8 Å². The number of hydrogen-bond donors (Lipinski definition) is 9. The summed E-state index contributed by atoms with van der Waals surface area (Å²) in [7, 11) is -16.1. The predicted octanol–water partition coefficient (Wildman–Crippen LogP) is 3.65. The number of phosphoric ester groups is 2. The number of imidazole rings is 1. The number of aliphatic hydroxyl groups excluding tert-OH is 2. The molecule has 7 atom stereocenters. The van der Waals surface area contributed by atoms with Crippen LogP contribution in [0, 0.1) is 5.41 Å². The molecule has 3 rings (SSSR count). The van der Waals surface area contributed by atoms with Crippen molar-refractivity contribution in [2.45, 2.75) is 135 Å². The van der Waals surface area contributed by atoms with Gasteiger partial charge in [-0.25, -0.2) is 33.5 Å². The maximum Gasteiger partial charge on any atom is 0.531 e. The standard InChI is InChI=1S/C37H64N7O21P3S/c1-4-5-6-7-8-9-10-11-12-13-14-15-16-17-28(46)69-21-20-39-27(45)18-19-40-35(49)32(48)37(2,3)23-58-67(53,54)64-62-65-68(55,56)63-61-57-22-26-31(60-66(50,51)52)30(47)36(59-26)44-25-43-29-33(38)41-24-42-34(29)44/h16-17,24-26,30-32,36,47-48H,4-15,18-23H2,1-3H3,(H,39,45)(H,40,49)(H,53,54)(H,55,56)(H2,38,41,42)(H2,50,51,52)/b17-16+/t26-,30-,31-,32?,36-/m1/s1. The first kappa shape index (κ1) is 60.4. The van der Waals surface area contributed by atoms with Gasteiger partial charge in [0.05, 0.1) is 12.9 Å². The molecule has 1 aliphatic rings. The summed E-state index contributed by atoms with van der Waals surface area (Å²) in [6.45, 7) is 3.02. The first-order chi connectivity index (χ1) is 32.6. The summed E-state index contributed by atoms with van der Waals surface area (Å²) in [6.07, 6.45) is 11.6. The van der Waals surface area contributed by atoms with Crippen molar-refractivity contribution in [1.82, 2.24) is 30.2 Å². The topological polar surface area (TPSA) is 401 Å². The molecule has 0 radical (unpaired) electrons. The first-order valence-electron chi connectivity index (χ1n) is 21.9. The van der Waals surface area contributed by atoms with Gasteiger partial charge in [0.25, 0.3) is 0 Å². The van der Waals surface area contributed by atoms with Crippen LogP contribution in [0.1, 0.15) is 110 Å². The molecule has 0 bridgehead atoms. The summed E-state index contributed by atoms with van der Waals surface area (Å²) in [6, 6.07) is 0. The molecule has 1 saturated heterocycles. The van der Waals surface area contributed by atoms with Gasteiger partial charge in [-0.3, -0.25) is 32.9 Å². The summed E-state index contributed by atoms with van der Waals surface area (Å²) in [5, 5.41) is 34.2. The minimum absolute atomic E-state index is 0.0259. The van der Waals surface area contributed by atoms with Crippen LogP contribution in [0.5, 0.6) is 0 Å². The zero-order valence-electron chi connectivity index (χ0n) is 38.3. The Hall–Kier alpha value is -2.86. The predicted molar refractivity (Wildman–Crippen MR) is 242 cm³/mol. The van der Waals surface area contributed by atoms with Gasteiger partial charge in [-0.15, -0.1) is 0 Å². The van der Waals surface area contributed by atoms with Crippen LogP contribution in [0.2, 0.25) is 0 Å². The Morgan fingerprint density at radius 3 is 2.22 bits per heavy atom.